The third-order valence-electron chi connectivity index (χ3n) is 2.92. The van der Waals surface area contributed by atoms with Crippen molar-refractivity contribution in [2.24, 2.45) is 5.10 Å². The van der Waals surface area contributed by atoms with E-state index in [1.807, 2.05) is 6.07 Å². The van der Waals surface area contributed by atoms with E-state index >= 15 is 0 Å². The van der Waals surface area contributed by atoms with Crippen LogP contribution in [0.3, 0.4) is 0 Å². The van der Waals surface area contributed by atoms with Crippen LogP contribution < -0.4 is 14.9 Å². The fourth-order valence-electron chi connectivity index (χ4n) is 1.76. The molecule has 0 aliphatic carbocycles. The van der Waals surface area contributed by atoms with Gasteiger partial charge in [0.1, 0.15) is 18.1 Å². The zero-order valence-corrected chi connectivity index (χ0v) is 14.6. The Kier molecular flexibility index (Phi) is 6.25. The molecule has 0 unspecified atom stereocenters. The molecule has 2 rings (SSSR count). The number of hydrogen-bond acceptors (Lipinski definition) is 8. The van der Waals surface area contributed by atoms with Gasteiger partial charge in [-0.3, -0.25) is 15.5 Å². The van der Waals surface area contributed by atoms with Gasteiger partial charge in [-0.2, -0.15) is 10.4 Å². The first-order valence-electron chi connectivity index (χ1n) is 6.82. The minimum atomic E-state index is -0.528. The van der Waals surface area contributed by atoms with Crippen molar-refractivity contribution in [1.29, 1.82) is 5.26 Å². The minimum Gasteiger partial charge on any atom is -0.493 e. The van der Waals surface area contributed by atoms with E-state index in [0.717, 1.165) is 6.20 Å². The lowest BCUT2D eigenvalue weighted by atomic mass is 10.2. The third kappa shape index (κ3) is 4.89. The summed E-state index contributed by atoms with van der Waals surface area (Å²) in [6.07, 6.45) is 2.65. The van der Waals surface area contributed by atoms with Crippen LogP contribution in [0.4, 0.5) is 11.5 Å². The number of methoxy groups -OCH3 is 1. The van der Waals surface area contributed by atoms with Gasteiger partial charge in [0.15, 0.2) is 18.1 Å². The van der Waals surface area contributed by atoms with Gasteiger partial charge in [0.05, 0.1) is 18.2 Å². The first-order chi connectivity index (χ1) is 12.0. The van der Waals surface area contributed by atoms with E-state index in [1.54, 1.807) is 12.1 Å². The molecule has 0 bridgehead atoms. The highest BCUT2D eigenvalue weighted by molar-refractivity contribution is 9.10. The molecule has 1 N–H and O–H groups in total. The molecule has 0 saturated heterocycles. The molecule has 1 heterocycles. The number of hydrogen-bond donors (Lipinski definition) is 1. The molecule has 128 valence electrons. The van der Waals surface area contributed by atoms with Crippen molar-refractivity contribution in [2.45, 2.75) is 0 Å². The second kappa shape index (κ2) is 8.60. The van der Waals surface area contributed by atoms with Gasteiger partial charge in [0.25, 0.3) is 5.69 Å². The van der Waals surface area contributed by atoms with Gasteiger partial charge in [-0.05, 0) is 34.1 Å². The number of halogens is 1. The summed E-state index contributed by atoms with van der Waals surface area (Å²) >= 11 is 3.39. The van der Waals surface area contributed by atoms with Gasteiger partial charge in [0, 0.05) is 16.1 Å². The van der Waals surface area contributed by atoms with Crippen LogP contribution in [-0.4, -0.2) is 29.8 Å². The first kappa shape index (κ1) is 18.2. The number of pyridine rings is 1. The molecular formula is C15H12BrN5O4. The maximum Gasteiger partial charge on any atom is 0.287 e. The Morgan fingerprint density at radius 3 is 2.88 bits per heavy atom. The Balaban J connectivity index is 2.12. The summed E-state index contributed by atoms with van der Waals surface area (Å²) in [5.74, 6) is 1.24. The van der Waals surface area contributed by atoms with Crippen molar-refractivity contribution < 1.29 is 14.4 Å². The number of nitrogens with zero attached hydrogens (tertiary/aromatic N) is 4. The van der Waals surface area contributed by atoms with Crippen LogP contribution in [-0.2, 0) is 0 Å². The minimum absolute atomic E-state index is 0.0936. The lowest BCUT2D eigenvalue weighted by Crippen LogP contribution is -1.99. The predicted molar refractivity (Wildman–Crippen MR) is 93.9 cm³/mol. The summed E-state index contributed by atoms with van der Waals surface area (Å²) < 4.78 is 11.2. The smallest absolute Gasteiger partial charge is 0.287 e. The van der Waals surface area contributed by atoms with Gasteiger partial charge in [-0.1, -0.05) is 0 Å². The molecule has 0 aliphatic rings. The molecular weight excluding hydrogens is 394 g/mol. The lowest BCUT2D eigenvalue weighted by molar-refractivity contribution is -0.385. The molecule has 0 aliphatic heterocycles. The van der Waals surface area contributed by atoms with E-state index in [4.69, 9.17) is 14.7 Å². The van der Waals surface area contributed by atoms with Crippen molar-refractivity contribution in [3.63, 3.8) is 0 Å². The molecule has 1 aromatic carbocycles. The molecule has 1 aromatic heterocycles. The highest BCUT2D eigenvalue weighted by Crippen LogP contribution is 2.32. The standard InChI is InChI=1S/C15H12BrN5O4/c1-24-13-6-10(12(16)7-14(13)25-5-4-17)8-19-20-15-3-2-11(9-18-15)21(22)23/h2-3,6-9H,5H2,1H3,(H,18,20)/b19-8+. The Morgan fingerprint density at radius 2 is 2.28 bits per heavy atom. The van der Waals surface area contributed by atoms with Crippen molar-refractivity contribution >= 4 is 33.6 Å². The highest BCUT2D eigenvalue weighted by atomic mass is 79.9. The van der Waals surface area contributed by atoms with Gasteiger partial charge in [0.2, 0.25) is 0 Å². The number of anilines is 1. The van der Waals surface area contributed by atoms with Gasteiger partial charge >= 0.3 is 0 Å². The number of hydrazone groups is 1. The molecule has 25 heavy (non-hydrogen) atoms. The summed E-state index contributed by atoms with van der Waals surface area (Å²) in [5, 5.41) is 23.2. The quantitative estimate of drug-likeness (QED) is 0.426. The van der Waals surface area contributed by atoms with Crippen LogP contribution in [0.2, 0.25) is 0 Å². The second-order valence-electron chi connectivity index (χ2n) is 4.50. The monoisotopic (exact) mass is 405 g/mol. The molecule has 10 heteroatoms. The zero-order valence-electron chi connectivity index (χ0n) is 13.0. The molecule has 0 amide bonds. The number of nitriles is 1. The summed E-state index contributed by atoms with van der Waals surface area (Å²) in [5.41, 5.74) is 3.26. The zero-order chi connectivity index (χ0) is 18.2. The van der Waals surface area contributed by atoms with Crippen LogP contribution in [0.1, 0.15) is 5.56 Å². The summed E-state index contributed by atoms with van der Waals surface area (Å²) in [6.45, 7) is -0.0936. The van der Waals surface area contributed by atoms with E-state index in [2.05, 4.69) is 31.4 Å². The van der Waals surface area contributed by atoms with E-state index in [1.165, 1.54) is 25.5 Å². The number of rotatable bonds is 7. The van der Waals surface area contributed by atoms with Crippen molar-refractivity contribution in [3.8, 4) is 17.6 Å². The van der Waals surface area contributed by atoms with Crippen LogP contribution in [0.15, 0.2) is 40.0 Å². The predicted octanol–water partition coefficient (Wildman–Crippen LogP) is 3.11. The molecule has 0 radical (unpaired) electrons. The molecule has 0 spiro atoms. The molecule has 9 nitrogen and oxygen atoms in total. The average Bonchev–Trinajstić information content (AvgIpc) is 2.61. The van der Waals surface area contributed by atoms with Gasteiger partial charge in [-0.15, -0.1) is 0 Å². The van der Waals surface area contributed by atoms with E-state index < -0.39 is 4.92 Å². The largest absolute Gasteiger partial charge is 0.493 e. The molecule has 0 fully saturated rings. The van der Waals surface area contributed by atoms with Crippen molar-refractivity contribution in [2.75, 3.05) is 19.1 Å². The first-order valence-corrected chi connectivity index (χ1v) is 7.61. The van der Waals surface area contributed by atoms with Gasteiger partial charge in [-0.25, -0.2) is 4.98 Å². The van der Waals surface area contributed by atoms with E-state index in [0.29, 0.717) is 27.4 Å². The fraction of sp³-hybridized carbons (Fsp3) is 0.133. The molecule has 0 atom stereocenters. The van der Waals surface area contributed by atoms with E-state index in [9.17, 15) is 10.1 Å². The van der Waals surface area contributed by atoms with Crippen molar-refractivity contribution in [1.82, 2.24) is 4.98 Å². The average molecular weight is 406 g/mol. The number of ether oxygens (including phenoxy) is 2. The lowest BCUT2D eigenvalue weighted by Gasteiger charge is -2.10. The Morgan fingerprint density at radius 1 is 1.48 bits per heavy atom. The van der Waals surface area contributed by atoms with E-state index in [-0.39, 0.29) is 12.3 Å². The van der Waals surface area contributed by atoms with Gasteiger partial charge < -0.3 is 9.47 Å². The third-order valence-corrected chi connectivity index (χ3v) is 3.60. The normalized spacial score (nSPS) is 10.3. The number of nitrogens with one attached hydrogen (secondary N) is 1. The van der Waals surface area contributed by atoms with Crippen LogP contribution in [0.25, 0.3) is 0 Å². The number of nitro groups is 1. The maximum atomic E-state index is 10.6. The topological polar surface area (TPSA) is 123 Å². The Bertz CT molecular complexity index is 833. The van der Waals surface area contributed by atoms with Crippen LogP contribution >= 0.6 is 15.9 Å². The van der Waals surface area contributed by atoms with Crippen LogP contribution in [0, 0.1) is 21.4 Å². The number of benzene rings is 1. The van der Waals surface area contributed by atoms with Crippen molar-refractivity contribution in [3.05, 3.63) is 50.6 Å². The SMILES string of the molecule is COc1cc(/C=N/Nc2ccc([N+](=O)[O-])cn2)c(Br)cc1OCC#N. The Labute approximate surface area is 151 Å². The summed E-state index contributed by atoms with van der Waals surface area (Å²) in [7, 11) is 1.49. The second-order valence-corrected chi connectivity index (χ2v) is 5.35. The Hall–Kier alpha value is -3.19. The maximum absolute atomic E-state index is 10.6. The van der Waals surface area contributed by atoms with Crippen LogP contribution in [0.5, 0.6) is 11.5 Å². The summed E-state index contributed by atoms with van der Waals surface area (Å²) in [4.78, 5) is 13.9. The fourth-order valence-corrected chi connectivity index (χ4v) is 2.19. The summed E-state index contributed by atoms with van der Waals surface area (Å²) in [6, 6.07) is 8.01. The number of aromatic nitrogens is 1. The highest BCUT2D eigenvalue weighted by Gasteiger charge is 2.09. The molecule has 0 saturated carbocycles. The molecule has 2 aromatic rings.